The maximum atomic E-state index is 12.7. The standard InChI is InChI=1S/C28H50O5/c1-5-6-7-10-13-17-28(31-19-20-32-28)18-16-24-23(4)21-26(29)25(24)14-11-8-9-12-15-27(30)33-22(2)3/h22-25H,5-21H2,1-4H3/t23-,24+,25-/m1/s1. The third kappa shape index (κ3) is 10.1. The van der Waals surface area contributed by atoms with Crippen LogP contribution in [0.2, 0.25) is 0 Å². The van der Waals surface area contributed by atoms with Gasteiger partial charge in [0.25, 0.3) is 0 Å². The van der Waals surface area contributed by atoms with Crippen molar-refractivity contribution in [2.45, 2.75) is 136 Å². The van der Waals surface area contributed by atoms with Gasteiger partial charge in [0.05, 0.1) is 19.3 Å². The Kier molecular flexibility index (Phi) is 13.0. The molecule has 0 N–H and O–H groups in total. The molecule has 1 heterocycles. The highest BCUT2D eigenvalue weighted by atomic mass is 16.7. The summed E-state index contributed by atoms with van der Waals surface area (Å²) in [4.78, 5) is 24.4. The Hall–Kier alpha value is -0.940. The number of carbonyl (C=O) groups excluding carboxylic acids is 2. The van der Waals surface area contributed by atoms with Gasteiger partial charge in [0.15, 0.2) is 5.79 Å². The van der Waals surface area contributed by atoms with E-state index in [0.717, 1.165) is 64.2 Å². The molecule has 1 saturated heterocycles. The van der Waals surface area contributed by atoms with Crippen LogP contribution in [0.4, 0.5) is 0 Å². The number of esters is 1. The molecular weight excluding hydrogens is 416 g/mol. The lowest BCUT2D eigenvalue weighted by atomic mass is 9.81. The van der Waals surface area contributed by atoms with E-state index in [4.69, 9.17) is 14.2 Å². The normalized spacial score (nSPS) is 24.6. The van der Waals surface area contributed by atoms with Gasteiger partial charge in [-0.25, -0.2) is 0 Å². The second kappa shape index (κ2) is 15.1. The minimum atomic E-state index is -0.410. The average Bonchev–Trinajstić information content (AvgIpc) is 3.33. The molecule has 2 rings (SSSR count). The smallest absolute Gasteiger partial charge is 0.306 e. The fraction of sp³-hybridized carbons (Fsp3) is 0.929. The third-order valence-electron chi connectivity index (χ3n) is 7.53. The average molecular weight is 467 g/mol. The van der Waals surface area contributed by atoms with E-state index in [9.17, 15) is 9.59 Å². The lowest BCUT2D eigenvalue weighted by Gasteiger charge is -2.31. The molecule has 2 aliphatic rings. The molecule has 1 saturated carbocycles. The molecule has 2 fully saturated rings. The Bertz CT molecular complexity index is 567. The van der Waals surface area contributed by atoms with E-state index in [1.54, 1.807) is 0 Å². The summed E-state index contributed by atoms with van der Waals surface area (Å²) >= 11 is 0. The van der Waals surface area contributed by atoms with Crippen LogP contribution in [-0.4, -0.2) is 36.9 Å². The molecule has 0 aromatic carbocycles. The molecule has 3 atom stereocenters. The van der Waals surface area contributed by atoms with Crippen molar-refractivity contribution < 1.29 is 23.8 Å². The molecule has 0 bridgehead atoms. The van der Waals surface area contributed by atoms with Gasteiger partial charge in [-0.1, -0.05) is 58.8 Å². The van der Waals surface area contributed by atoms with Crippen molar-refractivity contribution in [3.8, 4) is 0 Å². The molecule has 5 nitrogen and oxygen atoms in total. The Morgan fingerprint density at radius 3 is 2.33 bits per heavy atom. The van der Waals surface area contributed by atoms with E-state index in [-0.39, 0.29) is 18.0 Å². The van der Waals surface area contributed by atoms with Crippen molar-refractivity contribution >= 4 is 11.8 Å². The summed E-state index contributed by atoms with van der Waals surface area (Å²) < 4.78 is 17.4. The van der Waals surface area contributed by atoms with Gasteiger partial charge in [-0.2, -0.15) is 0 Å². The van der Waals surface area contributed by atoms with Crippen LogP contribution in [-0.2, 0) is 23.8 Å². The topological polar surface area (TPSA) is 61.8 Å². The highest BCUT2D eigenvalue weighted by Gasteiger charge is 2.42. The summed E-state index contributed by atoms with van der Waals surface area (Å²) in [6.07, 6.45) is 15.4. The molecule has 0 spiro atoms. The van der Waals surface area contributed by atoms with Crippen LogP contribution < -0.4 is 0 Å². The van der Waals surface area contributed by atoms with Gasteiger partial charge in [-0.15, -0.1) is 0 Å². The molecule has 0 radical (unpaired) electrons. The molecule has 1 aliphatic heterocycles. The van der Waals surface area contributed by atoms with Crippen LogP contribution in [0.15, 0.2) is 0 Å². The summed E-state index contributed by atoms with van der Waals surface area (Å²) in [5, 5.41) is 0. The summed E-state index contributed by atoms with van der Waals surface area (Å²) in [7, 11) is 0. The van der Waals surface area contributed by atoms with Gasteiger partial charge in [0, 0.05) is 31.6 Å². The van der Waals surface area contributed by atoms with Crippen LogP contribution in [0.25, 0.3) is 0 Å². The molecule has 0 unspecified atom stereocenters. The zero-order valence-corrected chi connectivity index (χ0v) is 21.9. The SMILES string of the molecule is CCCCCCCC1(CC[C@H]2[C@H](C)CC(=O)[C@@H]2CCCCCCC(=O)OC(C)C)OCCO1. The lowest BCUT2D eigenvalue weighted by Crippen LogP contribution is -2.32. The van der Waals surface area contributed by atoms with Crippen LogP contribution in [0.3, 0.4) is 0 Å². The van der Waals surface area contributed by atoms with Crippen molar-refractivity contribution in [3.05, 3.63) is 0 Å². The molecular formula is C28H50O5. The first-order valence-corrected chi connectivity index (χ1v) is 13.9. The Labute approximate surface area is 202 Å². The summed E-state index contributed by atoms with van der Waals surface area (Å²) in [5.41, 5.74) is 0. The Morgan fingerprint density at radius 2 is 1.64 bits per heavy atom. The summed E-state index contributed by atoms with van der Waals surface area (Å²) in [5.74, 6) is 1.04. The Balaban J connectivity index is 1.73. The monoisotopic (exact) mass is 466 g/mol. The first-order chi connectivity index (χ1) is 15.9. The maximum Gasteiger partial charge on any atom is 0.306 e. The molecule has 0 aromatic heterocycles. The molecule has 192 valence electrons. The first kappa shape index (κ1) is 28.3. The highest BCUT2D eigenvalue weighted by Crippen LogP contribution is 2.43. The van der Waals surface area contributed by atoms with Gasteiger partial charge in [0.2, 0.25) is 0 Å². The largest absolute Gasteiger partial charge is 0.463 e. The zero-order valence-electron chi connectivity index (χ0n) is 21.9. The van der Waals surface area contributed by atoms with Crippen molar-refractivity contribution in [3.63, 3.8) is 0 Å². The predicted octanol–water partition coefficient (Wildman–Crippen LogP) is 7.00. The van der Waals surface area contributed by atoms with E-state index < -0.39 is 5.79 Å². The van der Waals surface area contributed by atoms with Gasteiger partial charge >= 0.3 is 5.97 Å². The van der Waals surface area contributed by atoms with E-state index >= 15 is 0 Å². The van der Waals surface area contributed by atoms with Gasteiger partial charge in [-0.3, -0.25) is 9.59 Å². The number of unbranched alkanes of at least 4 members (excludes halogenated alkanes) is 7. The quantitative estimate of drug-likeness (QED) is 0.170. The minimum absolute atomic E-state index is 0.0370. The van der Waals surface area contributed by atoms with Crippen molar-refractivity contribution in [2.75, 3.05) is 13.2 Å². The van der Waals surface area contributed by atoms with Gasteiger partial charge < -0.3 is 14.2 Å². The number of carbonyl (C=O) groups is 2. The number of hydrogen-bond donors (Lipinski definition) is 0. The Morgan fingerprint density at radius 1 is 0.970 bits per heavy atom. The number of rotatable bonds is 17. The second-order valence-corrected chi connectivity index (χ2v) is 10.7. The molecule has 0 amide bonds. The predicted molar refractivity (Wildman–Crippen MR) is 132 cm³/mol. The van der Waals surface area contributed by atoms with E-state index in [0.29, 0.717) is 37.3 Å². The molecule has 5 heteroatoms. The minimum Gasteiger partial charge on any atom is -0.463 e. The second-order valence-electron chi connectivity index (χ2n) is 10.7. The fourth-order valence-electron chi connectivity index (χ4n) is 5.72. The lowest BCUT2D eigenvalue weighted by molar-refractivity contribution is -0.171. The third-order valence-corrected chi connectivity index (χ3v) is 7.53. The molecule has 33 heavy (non-hydrogen) atoms. The zero-order chi connectivity index (χ0) is 24.1. The first-order valence-electron chi connectivity index (χ1n) is 13.9. The molecule has 0 aromatic rings. The highest BCUT2D eigenvalue weighted by molar-refractivity contribution is 5.83. The van der Waals surface area contributed by atoms with Crippen LogP contribution in [0, 0.1) is 17.8 Å². The van der Waals surface area contributed by atoms with E-state index in [1.807, 2.05) is 13.8 Å². The van der Waals surface area contributed by atoms with Crippen molar-refractivity contribution in [2.24, 2.45) is 17.8 Å². The maximum absolute atomic E-state index is 12.7. The molecule has 1 aliphatic carbocycles. The number of ether oxygens (including phenoxy) is 3. The van der Waals surface area contributed by atoms with Crippen molar-refractivity contribution in [1.82, 2.24) is 0 Å². The van der Waals surface area contributed by atoms with Crippen LogP contribution in [0.5, 0.6) is 0 Å². The number of hydrogen-bond acceptors (Lipinski definition) is 5. The van der Waals surface area contributed by atoms with Gasteiger partial charge in [-0.05, 0) is 51.4 Å². The van der Waals surface area contributed by atoms with E-state index in [1.165, 1.54) is 25.7 Å². The summed E-state index contributed by atoms with van der Waals surface area (Å²) in [6, 6.07) is 0. The van der Waals surface area contributed by atoms with Crippen molar-refractivity contribution in [1.29, 1.82) is 0 Å². The van der Waals surface area contributed by atoms with E-state index in [2.05, 4.69) is 13.8 Å². The fourth-order valence-corrected chi connectivity index (χ4v) is 5.72. The number of Topliss-reactive ketones (excluding diaryl/α,β-unsaturated/α-hetero) is 1. The van der Waals surface area contributed by atoms with Crippen LogP contribution in [0.1, 0.15) is 124 Å². The summed E-state index contributed by atoms with van der Waals surface area (Å²) in [6.45, 7) is 9.65. The van der Waals surface area contributed by atoms with Crippen LogP contribution >= 0.6 is 0 Å². The van der Waals surface area contributed by atoms with Gasteiger partial charge in [0.1, 0.15) is 5.78 Å². The number of ketones is 1.